The minimum atomic E-state index is -0.271. The van der Waals surface area contributed by atoms with Gasteiger partial charge in [-0.3, -0.25) is 4.79 Å². The maximum absolute atomic E-state index is 12.8. The molecule has 5 nitrogen and oxygen atoms in total. The first-order chi connectivity index (χ1) is 13.2. The highest BCUT2D eigenvalue weighted by molar-refractivity contribution is 7.99. The average Bonchev–Trinajstić information content (AvgIpc) is 3.04. The van der Waals surface area contributed by atoms with Crippen molar-refractivity contribution < 1.29 is 4.79 Å². The first kappa shape index (κ1) is 23.5. The number of imidazole rings is 1. The monoisotopic (exact) mass is 452 g/mol. The number of hydrogen-bond donors (Lipinski definition) is 2. The Bertz CT molecular complexity index is 929. The van der Waals surface area contributed by atoms with Gasteiger partial charge in [0.25, 0.3) is 0 Å². The van der Waals surface area contributed by atoms with Crippen LogP contribution in [0.3, 0.4) is 0 Å². The van der Waals surface area contributed by atoms with E-state index in [1.165, 1.54) is 0 Å². The summed E-state index contributed by atoms with van der Waals surface area (Å²) >= 11 is 1.90. The van der Waals surface area contributed by atoms with E-state index in [1.807, 2.05) is 67.3 Å². The van der Waals surface area contributed by atoms with Crippen LogP contribution in [-0.2, 0) is 11.8 Å². The van der Waals surface area contributed by atoms with Crippen molar-refractivity contribution in [3.05, 3.63) is 66.0 Å². The fraction of sp³-hybridized carbons (Fsp3) is 0.333. The van der Waals surface area contributed by atoms with Crippen LogP contribution in [0.25, 0.3) is 11.0 Å². The first-order valence-electron chi connectivity index (χ1n) is 9.29. The number of fused-ring (bicyclic) bond motifs is 1. The second-order valence-electron chi connectivity index (χ2n) is 6.86. The minimum Gasteiger partial charge on any atom is -0.342 e. The van der Waals surface area contributed by atoms with E-state index in [0.717, 1.165) is 40.5 Å². The summed E-state index contributed by atoms with van der Waals surface area (Å²) in [4.78, 5) is 17.6. The van der Waals surface area contributed by atoms with Gasteiger partial charge in [0.05, 0.1) is 11.0 Å². The van der Waals surface area contributed by atoms with Crippen molar-refractivity contribution >= 4 is 53.5 Å². The van der Waals surface area contributed by atoms with Crippen molar-refractivity contribution in [2.24, 2.45) is 7.05 Å². The quantitative estimate of drug-likeness (QED) is 0.619. The van der Waals surface area contributed by atoms with E-state index in [4.69, 9.17) is 4.98 Å². The molecular weight excluding hydrogens is 427 g/mol. The van der Waals surface area contributed by atoms with Crippen molar-refractivity contribution in [3.63, 3.8) is 0 Å². The zero-order valence-corrected chi connectivity index (χ0v) is 18.7. The zero-order valence-electron chi connectivity index (χ0n) is 16.2. The van der Waals surface area contributed by atoms with Gasteiger partial charge in [-0.2, -0.15) is 11.8 Å². The summed E-state index contributed by atoms with van der Waals surface area (Å²) in [6.45, 7) is 0.968. The topological polar surface area (TPSA) is 59.0 Å². The Labute approximate surface area is 187 Å². The second-order valence-corrected chi connectivity index (χ2v) is 8.01. The number of aryl methyl sites for hydroxylation is 1. The van der Waals surface area contributed by atoms with E-state index in [1.54, 1.807) is 0 Å². The summed E-state index contributed by atoms with van der Waals surface area (Å²) in [5.74, 6) is 3.00. The molecule has 8 heteroatoms. The van der Waals surface area contributed by atoms with Crippen LogP contribution in [0.2, 0.25) is 0 Å². The largest absolute Gasteiger partial charge is 0.342 e. The number of hydrogen-bond acceptors (Lipinski definition) is 4. The van der Waals surface area contributed by atoms with Crippen molar-refractivity contribution in [2.45, 2.75) is 18.5 Å². The molecule has 1 aliphatic heterocycles. The highest BCUT2D eigenvalue weighted by Gasteiger charge is 2.24. The molecule has 2 unspecified atom stereocenters. The van der Waals surface area contributed by atoms with Gasteiger partial charge in [0.2, 0.25) is 5.91 Å². The Morgan fingerprint density at radius 3 is 2.62 bits per heavy atom. The first-order valence-corrected chi connectivity index (χ1v) is 10.4. The highest BCUT2D eigenvalue weighted by atomic mass is 35.5. The predicted molar refractivity (Wildman–Crippen MR) is 125 cm³/mol. The van der Waals surface area contributed by atoms with Crippen LogP contribution in [0, 0.1) is 0 Å². The number of para-hydroxylation sites is 2. The van der Waals surface area contributed by atoms with Crippen molar-refractivity contribution in [3.8, 4) is 0 Å². The molecule has 29 heavy (non-hydrogen) atoms. The number of amides is 1. The molecule has 0 spiro atoms. The van der Waals surface area contributed by atoms with Gasteiger partial charge in [-0.05, 0) is 17.7 Å². The lowest BCUT2D eigenvalue weighted by molar-refractivity contribution is -0.122. The third-order valence-corrected chi connectivity index (χ3v) is 6.08. The van der Waals surface area contributed by atoms with E-state index in [-0.39, 0.29) is 42.8 Å². The lowest BCUT2D eigenvalue weighted by atomic mass is 10.1. The van der Waals surface area contributed by atoms with Crippen LogP contribution >= 0.6 is 36.6 Å². The van der Waals surface area contributed by atoms with Gasteiger partial charge < -0.3 is 15.2 Å². The van der Waals surface area contributed by atoms with E-state index < -0.39 is 0 Å². The molecule has 3 aromatic rings. The molecule has 156 valence electrons. The van der Waals surface area contributed by atoms with E-state index in [9.17, 15) is 4.79 Å². The maximum Gasteiger partial charge on any atom is 0.222 e. The molecule has 2 N–H and O–H groups in total. The number of carbonyl (C=O) groups excluding carboxylic acids is 1. The summed E-state index contributed by atoms with van der Waals surface area (Å²) in [6, 6.07) is 18.1. The van der Waals surface area contributed by atoms with Gasteiger partial charge in [-0.25, -0.2) is 4.98 Å². The number of benzene rings is 2. The van der Waals surface area contributed by atoms with Crippen LogP contribution in [0.15, 0.2) is 54.6 Å². The standard InChI is InChI=1S/C21H24N4OS.2ClH/c1-25-18-10-6-5-9-17(18)23-21(25)20(15-7-3-2-4-8-15)24-19(26)13-16-14-27-12-11-22-16;;/h2-10,16,20,22H,11-14H2,1H3,(H,24,26);2*1H. The van der Waals surface area contributed by atoms with Crippen LogP contribution in [-0.4, -0.2) is 39.6 Å². The van der Waals surface area contributed by atoms with Crippen LogP contribution in [0.5, 0.6) is 0 Å². The molecule has 2 heterocycles. The SMILES string of the molecule is Cl.Cl.Cn1c(C(NC(=O)CC2CSCCN2)c2ccccc2)nc2ccccc21. The minimum absolute atomic E-state index is 0. The lowest BCUT2D eigenvalue weighted by Crippen LogP contribution is -2.42. The highest BCUT2D eigenvalue weighted by Crippen LogP contribution is 2.25. The molecule has 0 bridgehead atoms. The molecule has 2 aromatic carbocycles. The molecule has 2 atom stereocenters. The molecule has 1 amide bonds. The summed E-state index contributed by atoms with van der Waals surface area (Å²) in [6.07, 6.45) is 0.486. The van der Waals surface area contributed by atoms with Crippen molar-refractivity contribution in [1.82, 2.24) is 20.2 Å². The van der Waals surface area contributed by atoms with Crippen LogP contribution in [0.4, 0.5) is 0 Å². The number of carbonyl (C=O) groups is 1. The zero-order chi connectivity index (χ0) is 18.6. The average molecular weight is 453 g/mol. The fourth-order valence-electron chi connectivity index (χ4n) is 3.56. The van der Waals surface area contributed by atoms with E-state index >= 15 is 0 Å². The van der Waals surface area contributed by atoms with Gasteiger partial charge >= 0.3 is 0 Å². The van der Waals surface area contributed by atoms with Crippen LogP contribution < -0.4 is 10.6 Å². The molecule has 4 rings (SSSR count). The molecule has 0 radical (unpaired) electrons. The summed E-state index contributed by atoms with van der Waals surface area (Å²) in [5.41, 5.74) is 3.04. The molecule has 1 aromatic heterocycles. The molecule has 0 aliphatic carbocycles. The molecule has 0 saturated carbocycles. The van der Waals surface area contributed by atoms with Crippen molar-refractivity contribution in [1.29, 1.82) is 0 Å². The summed E-state index contributed by atoms with van der Waals surface area (Å²) in [5, 5.41) is 6.66. The van der Waals surface area contributed by atoms with Crippen LogP contribution in [0.1, 0.15) is 23.9 Å². The summed E-state index contributed by atoms with van der Waals surface area (Å²) in [7, 11) is 2.01. The number of nitrogens with one attached hydrogen (secondary N) is 2. The Morgan fingerprint density at radius 2 is 1.93 bits per heavy atom. The Kier molecular flexibility index (Phi) is 8.83. The van der Waals surface area contributed by atoms with E-state index in [2.05, 4.69) is 21.3 Å². The molecule has 1 fully saturated rings. The van der Waals surface area contributed by atoms with Gasteiger partial charge in [-0.1, -0.05) is 42.5 Å². The maximum atomic E-state index is 12.8. The van der Waals surface area contributed by atoms with E-state index in [0.29, 0.717) is 6.42 Å². The van der Waals surface area contributed by atoms with Gasteiger partial charge in [0.15, 0.2) is 0 Å². The number of nitrogens with zero attached hydrogens (tertiary/aromatic N) is 2. The predicted octanol–water partition coefficient (Wildman–Crippen LogP) is 3.72. The van der Waals surface area contributed by atoms with Gasteiger partial charge in [-0.15, -0.1) is 24.8 Å². The Hall–Kier alpha value is -1.73. The Balaban J connectivity index is 0.00000150. The van der Waals surface area contributed by atoms with Crippen molar-refractivity contribution in [2.75, 3.05) is 18.1 Å². The third-order valence-electron chi connectivity index (χ3n) is 4.95. The molecule has 1 saturated heterocycles. The lowest BCUT2D eigenvalue weighted by Gasteiger charge is -2.24. The molecular formula is C21H26Cl2N4OS. The van der Waals surface area contributed by atoms with Gasteiger partial charge in [0, 0.05) is 37.6 Å². The normalized spacial score (nSPS) is 17.1. The third kappa shape index (κ3) is 5.45. The molecule has 1 aliphatic rings. The summed E-state index contributed by atoms with van der Waals surface area (Å²) < 4.78 is 2.07. The second kappa shape index (κ2) is 10.9. The smallest absolute Gasteiger partial charge is 0.222 e. The Morgan fingerprint density at radius 1 is 1.21 bits per heavy atom. The number of rotatable bonds is 5. The number of aromatic nitrogens is 2. The van der Waals surface area contributed by atoms with Gasteiger partial charge in [0.1, 0.15) is 11.9 Å². The number of halogens is 2. The fourth-order valence-corrected chi connectivity index (χ4v) is 4.51. The number of thioether (sulfide) groups is 1.